The number of allylic oxidation sites excluding steroid dienone is 12. The average molecular weight is 595 g/mol. The molecule has 0 unspecified atom stereocenters. The SMILES string of the molecule is C=C/C=C\C=C(/N)CN(CC(=C)/C=C\C=C/N)Cc1cc(C)cc(CN(CC(=N)/C=C\C=C/C)C/C(C)=C/C=C\C=N)c1O. The first-order valence-corrected chi connectivity index (χ1v) is 14.6. The molecule has 1 rings (SSSR count). The molecule has 1 aromatic carbocycles. The zero-order valence-corrected chi connectivity index (χ0v) is 26.5. The third-order valence-electron chi connectivity index (χ3n) is 6.20. The minimum absolute atomic E-state index is 0.230. The molecular weight excluding hydrogens is 544 g/mol. The van der Waals surface area contributed by atoms with Crippen molar-refractivity contribution in [3.05, 3.63) is 150 Å². The van der Waals surface area contributed by atoms with Crippen molar-refractivity contribution in [2.75, 3.05) is 26.2 Å². The fraction of sp³-hybridized carbons (Fsp3) is 0.243. The Morgan fingerprint density at radius 2 is 1.52 bits per heavy atom. The van der Waals surface area contributed by atoms with Gasteiger partial charge >= 0.3 is 0 Å². The molecule has 0 spiro atoms. The highest BCUT2D eigenvalue weighted by molar-refractivity contribution is 5.94. The molecule has 0 bridgehead atoms. The van der Waals surface area contributed by atoms with Crippen LogP contribution < -0.4 is 11.5 Å². The zero-order chi connectivity index (χ0) is 32.7. The Labute approximate surface area is 264 Å². The summed E-state index contributed by atoms with van der Waals surface area (Å²) in [6.45, 7) is 16.8. The van der Waals surface area contributed by atoms with E-state index in [1.165, 1.54) is 12.4 Å². The zero-order valence-electron chi connectivity index (χ0n) is 26.5. The summed E-state index contributed by atoms with van der Waals surface area (Å²) in [6, 6.07) is 4.00. The van der Waals surface area contributed by atoms with Gasteiger partial charge < -0.3 is 27.4 Å². The third-order valence-corrected chi connectivity index (χ3v) is 6.20. The monoisotopic (exact) mass is 594 g/mol. The Morgan fingerprint density at radius 1 is 0.886 bits per heavy atom. The number of aryl methyl sites for hydroxylation is 1. The van der Waals surface area contributed by atoms with Gasteiger partial charge in [0, 0.05) is 68.0 Å². The topological polar surface area (TPSA) is 126 Å². The minimum atomic E-state index is 0.230. The fourth-order valence-corrected chi connectivity index (χ4v) is 4.41. The lowest BCUT2D eigenvalue weighted by Crippen LogP contribution is -2.31. The van der Waals surface area contributed by atoms with Gasteiger partial charge in [-0.25, -0.2) is 0 Å². The molecule has 7 N–H and O–H groups in total. The van der Waals surface area contributed by atoms with Crippen LogP contribution in [0, 0.1) is 17.7 Å². The van der Waals surface area contributed by atoms with E-state index < -0.39 is 0 Å². The second-order valence-electron chi connectivity index (χ2n) is 10.5. The van der Waals surface area contributed by atoms with Gasteiger partial charge in [0.1, 0.15) is 5.75 Å². The first-order valence-electron chi connectivity index (χ1n) is 14.6. The molecule has 0 fully saturated rings. The summed E-state index contributed by atoms with van der Waals surface area (Å²) in [4.78, 5) is 4.26. The summed E-state index contributed by atoms with van der Waals surface area (Å²) in [5, 5.41) is 27.3. The van der Waals surface area contributed by atoms with Crippen molar-refractivity contribution in [2.45, 2.75) is 33.9 Å². The van der Waals surface area contributed by atoms with E-state index >= 15 is 0 Å². The maximum atomic E-state index is 11.5. The smallest absolute Gasteiger partial charge is 0.124 e. The number of hydrogen-bond acceptors (Lipinski definition) is 7. The van der Waals surface area contributed by atoms with Crippen LogP contribution >= 0.6 is 0 Å². The van der Waals surface area contributed by atoms with Crippen LogP contribution in [0.15, 0.2) is 133 Å². The van der Waals surface area contributed by atoms with Gasteiger partial charge in [-0.2, -0.15) is 0 Å². The van der Waals surface area contributed by atoms with E-state index in [9.17, 15) is 5.11 Å². The lowest BCUT2D eigenvalue weighted by molar-refractivity contribution is 0.302. The Morgan fingerprint density at radius 3 is 2.14 bits per heavy atom. The molecule has 0 atom stereocenters. The molecule has 0 aliphatic rings. The number of hydrogen-bond donors (Lipinski definition) is 5. The number of nitrogens with two attached hydrogens (primary N) is 2. The molecule has 0 amide bonds. The second-order valence-corrected chi connectivity index (χ2v) is 10.5. The van der Waals surface area contributed by atoms with Gasteiger partial charge in [-0.3, -0.25) is 9.80 Å². The number of rotatable bonds is 20. The Bertz CT molecular complexity index is 1250. The predicted octanol–water partition coefficient (Wildman–Crippen LogP) is 6.78. The van der Waals surface area contributed by atoms with Crippen LogP contribution in [-0.2, 0) is 13.1 Å². The van der Waals surface area contributed by atoms with Crippen molar-refractivity contribution in [2.24, 2.45) is 11.5 Å². The minimum Gasteiger partial charge on any atom is -0.507 e. The summed E-state index contributed by atoms with van der Waals surface area (Å²) in [7, 11) is 0. The average Bonchev–Trinajstić information content (AvgIpc) is 2.96. The van der Waals surface area contributed by atoms with E-state index in [-0.39, 0.29) is 5.75 Å². The van der Waals surface area contributed by atoms with Crippen molar-refractivity contribution in [3.63, 3.8) is 0 Å². The van der Waals surface area contributed by atoms with Crippen molar-refractivity contribution >= 4 is 11.9 Å². The molecule has 1 aromatic rings. The normalized spacial score (nSPS) is 13.3. The summed E-state index contributed by atoms with van der Waals surface area (Å²) in [5.41, 5.74) is 17.5. The van der Waals surface area contributed by atoms with Crippen molar-refractivity contribution < 1.29 is 5.11 Å². The number of benzene rings is 1. The largest absolute Gasteiger partial charge is 0.507 e. The number of phenols is 1. The third kappa shape index (κ3) is 16.1. The standard InChI is InChI=1S/C37H50N6O/c1-6-8-10-18-35(40)28-42(24-30(3)16-12-14-20-38)26-33-22-32(5)23-34(37(33)44)27-43(25-31(4)17-13-15-21-39)29-36(41)19-11-9-7-2/h6-23,39,41,44H,1,3,24-29,38,40H2,2,4-5H3/b9-7-,10-8-,15-13-,16-12-,19-11-,20-14-,31-17+,35-18-,39-21?,41-36?. The molecule has 0 aliphatic carbocycles. The van der Waals surface area contributed by atoms with Crippen LogP contribution in [0.1, 0.15) is 30.5 Å². The van der Waals surface area contributed by atoms with Crippen molar-refractivity contribution in [3.8, 4) is 5.75 Å². The maximum absolute atomic E-state index is 11.5. The lowest BCUT2D eigenvalue weighted by Gasteiger charge is -2.26. The molecular formula is C37H50N6O. The number of aromatic hydroxyl groups is 1. The van der Waals surface area contributed by atoms with Crippen LogP contribution in [0.5, 0.6) is 5.75 Å². The fourth-order valence-electron chi connectivity index (χ4n) is 4.41. The van der Waals surface area contributed by atoms with Gasteiger partial charge in [-0.15, -0.1) is 0 Å². The van der Waals surface area contributed by atoms with Gasteiger partial charge in [0.2, 0.25) is 0 Å². The Kier molecular flexibility index (Phi) is 18.6. The summed E-state index contributed by atoms with van der Waals surface area (Å²) in [5.74, 6) is 0.230. The molecule has 0 saturated carbocycles. The van der Waals surface area contributed by atoms with E-state index in [0.717, 1.165) is 27.8 Å². The van der Waals surface area contributed by atoms with Crippen LogP contribution in [0.2, 0.25) is 0 Å². The van der Waals surface area contributed by atoms with Crippen molar-refractivity contribution in [1.82, 2.24) is 9.80 Å². The van der Waals surface area contributed by atoms with Gasteiger partial charge in [0.15, 0.2) is 0 Å². The molecule has 234 valence electrons. The number of phenolic OH excluding ortho intramolecular Hbond substituents is 1. The van der Waals surface area contributed by atoms with Crippen molar-refractivity contribution in [1.29, 1.82) is 10.8 Å². The van der Waals surface area contributed by atoms with Gasteiger partial charge in [-0.05, 0) is 56.8 Å². The van der Waals surface area contributed by atoms with E-state index in [0.29, 0.717) is 50.7 Å². The quantitative estimate of drug-likeness (QED) is 0.0840. The molecule has 7 nitrogen and oxygen atoms in total. The molecule has 0 aromatic heterocycles. The van der Waals surface area contributed by atoms with Gasteiger partial charge in [0.05, 0.1) is 0 Å². The first-order chi connectivity index (χ1) is 21.1. The van der Waals surface area contributed by atoms with E-state index in [1.54, 1.807) is 24.3 Å². The highest BCUT2D eigenvalue weighted by Gasteiger charge is 2.17. The molecule has 0 radical (unpaired) electrons. The molecule has 0 heterocycles. The van der Waals surface area contributed by atoms with E-state index in [4.69, 9.17) is 22.3 Å². The molecule has 7 heteroatoms. The Balaban J connectivity index is 3.40. The molecule has 44 heavy (non-hydrogen) atoms. The van der Waals surface area contributed by atoms with Gasteiger partial charge in [0.25, 0.3) is 0 Å². The summed E-state index contributed by atoms with van der Waals surface area (Å²) in [6.07, 6.45) is 28.3. The first kappa shape index (κ1) is 37.3. The maximum Gasteiger partial charge on any atom is 0.124 e. The summed E-state index contributed by atoms with van der Waals surface area (Å²) >= 11 is 0. The number of nitrogens with one attached hydrogen (secondary N) is 2. The van der Waals surface area contributed by atoms with Crippen LogP contribution in [0.4, 0.5) is 0 Å². The predicted molar refractivity (Wildman–Crippen MR) is 190 cm³/mol. The van der Waals surface area contributed by atoms with E-state index in [2.05, 4.69) is 23.0 Å². The van der Waals surface area contributed by atoms with Crippen LogP contribution in [-0.4, -0.2) is 53.0 Å². The van der Waals surface area contributed by atoms with Crippen LogP contribution in [0.3, 0.4) is 0 Å². The Hall–Kier alpha value is -4.72. The molecule has 0 aliphatic heterocycles. The second kappa shape index (κ2) is 21.9. The number of nitrogens with zero attached hydrogens (tertiary/aromatic N) is 2. The highest BCUT2D eigenvalue weighted by Crippen LogP contribution is 2.28. The van der Waals surface area contributed by atoms with Gasteiger partial charge in [-0.1, -0.05) is 97.2 Å². The lowest BCUT2D eigenvalue weighted by atomic mass is 10.0. The van der Waals surface area contributed by atoms with E-state index in [1.807, 2.05) is 93.7 Å². The highest BCUT2D eigenvalue weighted by atomic mass is 16.3. The summed E-state index contributed by atoms with van der Waals surface area (Å²) < 4.78 is 0. The van der Waals surface area contributed by atoms with Crippen LogP contribution in [0.25, 0.3) is 0 Å². The molecule has 0 saturated heterocycles.